The molecule has 1 aromatic carbocycles. The molecule has 1 rings (SSSR count). The fourth-order valence-corrected chi connectivity index (χ4v) is 2.57. The Morgan fingerprint density at radius 3 is 2.50 bits per heavy atom. The number of carbonyl (C=O) groups is 4. The Morgan fingerprint density at radius 2 is 1.93 bits per heavy atom. The van der Waals surface area contributed by atoms with Crippen LogP contribution in [0.3, 0.4) is 0 Å². The molecule has 2 amide bonds. The molecule has 30 heavy (non-hydrogen) atoms. The topological polar surface area (TPSA) is 187 Å². The summed E-state index contributed by atoms with van der Waals surface area (Å²) in [7, 11) is 3.12. The van der Waals surface area contributed by atoms with Crippen molar-refractivity contribution < 1.29 is 29.0 Å². The minimum atomic E-state index is -1.27. The van der Waals surface area contributed by atoms with Gasteiger partial charge in [-0.2, -0.15) is 4.99 Å². The number of aromatic carboxylic acids is 1. The highest BCUT2D eigenvalue weighted by Crippen LogP contribution is 2.20. The van der Waals surface area contributed by atoms with Gasteiger partial charge in [0.05, 0.1) is 0 Å². The van der Waals surface area contributed by atoms with Crippen molar-refractivity contribution in [3.63, 3.8) is 0 Å². The number of thioether (sulfide) groups is 1. The van der Waals surface area contributed by atoms with E-state index in [1.165, 1.54) is 36.1 Å². The lowest BCUT2D eigenvalue weighted by Gasteiger charge is -2.17. The highest BCUT2D eigenvalue weighted by Gasteiger charge is 2.23. The van der Waals surface area contributed by atoms with Gasteiger partial charge in [-0.15, -0.1) is 0 Å². The highest BCUT2D eigenvalue weighted by atomic mass is 32.2. The van der Waals surface area contributed by atoms with Gasteiger partial charge in [-0.3, -0.25) is 20.3 Å². The Kier molecular flexibility index (Phi) is 9.29. The van der Waals surface area contributed by atoms with E-state index in [0.717, 1.165) is 0 Å². The minimum absolute atomic E-state index is 0.151. The van der Waals surface area contributed by atoms with E-state index in [-0.39, 0.29) is 29.0 Å². The van der Waals surface area contributed by atoms with Crippen LogP contribution in [-0.2, 0) is 9.59 Å². The second-order valence-corrected chi connectivity index (χ2v) is 6.88. The third kappa shape index (κ3) is 8.18. The average molecular weight is 438 g/mol. The first kappa shape index (κ1) is 24.4. The third-order valence-electron chi connectivity index (χ3n) is 3.27. The van der Waals surface area contributed by atoms with E-state index < -0.39 is 29.1 Å². The van der Waals surface area contributed by atoms with Crippen LogP contribution in [0.2, 0.25) is 0 Å². The van der Waals surface area contributed by atoms with Crippen molar-refractivity contribution in [2.75, 3.05) is 19.8 Å². The quantitative estimate of drug-likeness (QED) is 0.232. The second-order valence-electron chi connectivity index (χ2n) is 5.92. The number of benzene rings is 1. The predicted molar refractivity (Wildman–Crippen MR) is 111 cm³/mol. The first-order chi connectivity index (χ1) is 14.0. The van der Waals surface area contributed by atoms with Crippen LogP contribution in [-0.4, -0.2) is 70.9 Å². The molecule has 0 fully saturated rings. The number of nitrogens with one attached hydrogen (secondary N) is 3. The zero-order chi connectivity index (χ0) is 22.8. The van der Waals surface area contributed by atoms with Crippen LogP contribution in [0, 0.1) is 5.41 Å². The number of rotatable bonds is 6. The number of aliphatic imine (C=N–C) groups is 1. The van der Waals surface area contributed by atoms with Crippen molar-refractivity contribution in [2.45, 2.75) is 13.0 Å². The molecule has 0 aliphatic carbocycles. The second kappa shape index (κ2) is 11.4. The van der Waals surface area contributed by atoms with Gasteiger partial charge in [0.15, 0.2) is 0 Å². The molecule has 0 saturated carbocycles. The van der Waals surface area contributed by atoms with Crippen LogP contribution in [0.25, 0.3) is 0 Å². The van der Waals surface area contributed by atoms with Crippen LogP contribution >= 0.6 is 11.8 Å². The van der Waals surface area contributed by atoms with E-state index in [9.17, 15) is 19.2 Å². The first-order valence-corrected chi connectivity index (χ1v) is 9.34. The van der Waals surface area contributed by atoms with Gasteiger partial charge in [0.2, 0.25) is 23.7 Å². The molecular formula is C17H22N6O6S. The number of guanidine groups is 2. The summed E-state index contributed by atoms with van der Waals surface area (Å²) in [5.74, 6) is -3.51. The molecule has 1 aromatic rings. The number of carbonyl (C=O) groups excluding carboxylic acids is 3. The fraction of sp³-hybridized carbons (Fsp3) is 0.294. The molecule has 0 spiro atoms. The first-order valence-electron chi connectivity index (χ1n) is 8.36. The van der Waals surface area contributed by atoms with Crippen molar-refractivity contribution in [2.24, 2.45) is 10.7 Å². The normalized spacial score (nSPS) is 11.8. The van der Waals surface area contributed by atoms with Gasteiger partial charge in [-0.05, 0) is 23.9 Å². The average Bonchev–Trinajstić information content (AvgIpc) is 2.64. The van der Waals surface area contributed by atoms with Gasteiger partial charge in [-0.25, -0.2) is 9.59 Å². The molecule has 0 bridgehead atoms. The van der Waals surface area contributed by atoms with Crippen LogP contribution in [0.15, 0.2) is 29.3 Å². The lowest BCUT2D eigenvalue weighted by atomic mass is 10.2. The molecule has 162 valence electrons. The zero-order valence-electron chi connectivity index (χ0n) is 16.5. The van der Waals surface area contributed by atoms with Gasteiger partial charge in [0.1, 0.15) is 17.4 Å². The van der Waals surface area contributed by atoms with E-state index in [0.29, 0.717) is 11.8 Å². The number of para-hydroxylation sites is 1. The summed E-state index contributed by atoms with van der Waals surface area (Å²) >= 11 is 0.555. The molecule has 0 saturated heterocycles. The summed E-state index contributed by atoms with van der Waals surface area (Å²) in [4.78, 5) is 52.0. The largest absolute Gasteiger partial charge is 0.478 e. The lowest BCUT2D eigenvalue weighted by molar-refractivity contribution is -0.126. The predicted octanol–water partition coefficient (Wildman–Crippen LogP) is 0.0488. The van der Waals surface area contributed by atoms with Gasteiger partial charge >= 0.3 is 11.3 Å². The number of carboxylic acids is 1. The fourth-order valence-electron chi connectivity index (χ4n) is 1.89. The molecular weight excluding hydrogens is 416 g/mol. The maximum atomic E-state index is 12.3. The van der Waals surface area contributed by atoms with Crippen molar-refractivity contribution in [3.05, 3.63) is 29.8 Å². The maximum absolute atomic E-state index is 12.3. The van der Waals surface area contributed by atoms with Gasteiger partial charge < -0.3 is 25.8 Å². The molecule has 0 unspecified atom stereocenters. The summed E-state index contributed by atoms with van der Waals surface area (Å²) in [5, 5.41) is 20.4. The molecule has 0 heterocycles. The van der Waals surface area contributed by atoms with Crippen LogP contribution in [0.4, 0.5) is 4.79 Å². The summed E-state index contributed by atoms with van der Waals surface area (Å²) < 4.78 is 5.02. The Balaban J connectivity index is 2.78. The minimum Gasteiger partial charge on any atom is -0.478 e. The molecule has 0 aliphatic rings. The standard InChI is InChI=1S/C17H22N6O6S/c1-9(24)20-11(13(25)21-15(18)22-16(19)23(2)3)8-30-17(28)29-12-7-5-4-6-10(12)14(26)27/h4-7,11H,8H2,1-3H3,(H,20,24)(H,26,27)(H4,18,19,21,22,25)/t11-/m0/s1. The van der Waals surface area contributed by atoms with Gasteiger partial charge in [0, 0.05) is 26.8 Å². The van der Waals surface area contributed by atoms with Gasteiger partial charge in [-0.1, -0.05) is 12.1 Å². The Bertz CT molecular complexity index is 872. The van der Waals surface area contributed by atoms with Crippen LogP contribution in [0.5, 0.6) is 5.75 Å². The molecule has 1 atom stereocenters. The number of nitrogens with two attached hydrogens (primary N) is 1. The van der Waals surface area contributed by atoms with Crippen LogP contribution in [0.1, 0.15) is 17.3 Å². The summed E-state index contributed by atoms with van der Waals surface area (Å²) in [6.07, 6.45) is 0. The number of hydrogen-bond donors (Lipinski definition) is 5. The molecule has 0 radical (unpaired) electrons. The van der Waals surface area contributed by atoms with E-state index in [2.05, 4.69) is 15.6 Å². The van der Waals surface area contributed by atoms with E-state index >= 15 is 0 Å². The Hall–Kier alpha value is -3.61. The molecule has 13 heteroatoms. The highest BCUT2D eigenvalue weighted by molar-refractivity contribution is 8.13. The smallest absolute Gasteiger partial charge is 0.372 e. The van der Waals surface area contributed by atoms with Gasteiger partial charge in [0.25, 0.3) is 0 Å². The van der Waals surface area contributed by atoms with E-state index in [1.807, 2.05) is 0 Å². The number of ether oxygens (including phenoxy) is 1. The van der Waals surface area contributed by atoms with Crippen molar-refractivity contribution in [1.29, 1.82) is 5.41 Å². The Labute approximate surface area is 176 Å². The molecule has 0 aliphatic heterocycles. The number of carboxylic acid groups (broad SMARTS) is 1. The van der Waals surface area contributed by atoms with E-state index in [1.54, 1.807) is 14.1 Å². The van der Waals surface area contributed by atoms with Crippen molar-refractivity contribution in [3.8, 4) is 5.75 Å². The monoisotopic (exact) mass is 438 g/mol. The van der Waals surface area contributed by atoms with Crippen LogP contribution < -0.4 is 21.1 Å². The summed E-state index contributed by atoms with van der Waals surface area (Å²) in [6.45, 7) is 1.19. The number of nitrogens with zero attached hydrogens (tertiary/aromatic N) is 2. The van der Waals surface area contributed by atoms with Crippen molar-refractivity contribution >= 4 is 46.8 Å². The maximum Gasteiger partial charge on any atom is 0.372 e. The van der Waals surface area contributed by atoms with E-state index in [4.69, 9.17) is 21.0 Å². The zero-order valence-corrected chi connectivity index (χ0v) is 17.3. The third-order valence-corrected chi connectivity index (χ3v) is 4.09. The summed E-state index contributed by atoms with van der Waals surface area (Å²) in [6, 6.07) is 4.40. The number of amides is 2. The lowest BCUT2D eigenvalue weighted by Crippen LogP contribution is -2.51. The molecule has 6 N–H and O–H groups in total. The van der Waals surface area contributed by atoms with Crippen molar-refractivity contribution in [1.82, 2.24) is 15.5 Å². The Morgan fingerprint density at radius 1 is 1.30 bits per heavy atom. The SMILES string of the molecule is CC(=O)N[C@@H](CSC(=O)Oc1ccccc1C(=O)O)C(=O)N/C(N)=N/C(=N)N(C)C. The molecule has 12 nitrogen and oxygen atoms in total. The summed E-state index contributed by atoms with van der Waals surface area (Å²) in [5.41, 5.74) is 5.37. The number of hydrogen-bond acceptors (Lipinski definition) is 7. The molecule has 0 aromatic heterocycles.